The Morgan fingerprint density at radius 2 is 1.93 bits per heavy atom. The van der Waals surface area contributed by atoms with Crippen molar-refractivity contribution in [3.05, 3.63) is 0 Å². The lowest BCUT2D eigenvalue weighted by Gasteiger charge is -2.26. The molecule has 4 heteroatoms. The predicted octanol–water partition coefficient (Wildman–Crippen LogP) is 0.934. The number of hydrogen-bond donors (Lipinski definition) is 2. The van der Waals surface area contributed by atoms with Crippen LogP contribution in [0.25, 0.3) is 0 Å². The summed E-state index contributed by atoms with van der Waals surface area (Å²) in [4.78, 5) is 13.7. The Morgan fingerprint density at radius 1 is 1.20 bits per heavy atom. The second-order valence-electron chi connectivity index (χ2n) is 4.58. The molecule has 0 aromatic rings. The normalized spacial score (nSPS) is 22.4. The number of rotatable bonds is 4. The van der Waals surface area contributed by atoms with Gasteiger partial charge in [0.15, 0.2) is 0 Å². The molecule has 0 spiro atoms. The van der Waals surface area contributed by atoms with Gasteiger partial charge in [-0.15, -0.1) is 0 Å². The van der Waals surface area contributed by atoms with Gasteiger partial charge in [-0.25, -0.2) is 4.79 Å². The molecule has 2 fully saturated rings. The highest BCUT2D eigenvalue weighted by atomic mass is 16.2. The third kappa shape index (κ3) is 4.08. The van der Waals surface area contributed by atoms with Gasteiger partial charge in [0.2, 0.25) is 0 Å². The van der Waals surface area contributed by atoms with E-state index in [2.05, 4.69) is 15.5 Å². The summed E-state index contributed by atoms with van der Waals surface area (Å²) in [5.41, 5.74) is 0. The number of urea groups is 1. The molecule has 0 atom stereocenters. The first-order valence-electron chi connectivity index (χ1n) is 6.11. The average molecular weight is 211 g/mol. The highest BCUT2D eigenvalue weighted by molar-refractivity contribution is 5.74. The van der Waals surface area contributed by atoms with Crippen LogP contribution in [0.3, 0.4) is 0 Å². The van der Waals surface area contributed by atoms with Gasteiger partial charge in [-0.2, -0.15) is 0 Å². The number of nitrogens with one attached hydrogen (secondary N) is 2. The van der Waals surface area contributed by atoms with E-state index in [-0.39, 0.29) is 6.03 Å². The SMILES string of the molecule is O=C(NCCN1CCCCC1)NC1CC1. The summed E-state index contributed by atoms with van der Waals surface area (Å²) in [5.74, 6) is 0. The molecule has 2 rings (SSSR count). The molecule has 86 valence electrons. The molecule has 2 aliphatic rings. The highest BCUT2D eigenvalue weighted by Crippen LogP contribution is 2.18. The van der Waals surface area contributed by atoms with Gasteiger partial charge in [0.1, 0.15) is 0 Å². The standard InChI is InChI=1S/C11H21N3O/c15-11(13-10-4-5-10)12-6-9-14-7-2-1-3-8-14/h10H,1-9H2,(H2,12,13,15). The van der Waals surface area contributed by atoms with Crippen molar-refractivity contribution < 1.29 is 4.79 Å². The Hall–Kier alpha value is -0.770. The summed E-state index contributed by atoms with van der Waals surface area (Å²) in [5, 5.41) is 5.83. The fraction of sp³-hybridized carbons (Fsp3) is 0.909. The summed E-state index contributed by atoms with van der Waals surface area (Å²) < 4.78 is 0. The van der Waals surface area contributed by atoms with E-state index in [1.165, 1.54) is 32.4 Å². The first-order chi connectivity index (χ1) is 7.34. The third-order valence-electron chi connectivity index (χ3n) is 3.07. The van der Waals surface area contributed by atoms with E-state index in [0.717, 1.165) is 25.9 Å². The van der Waals surface area contributed by atoms with Crippen LogP contribution in [0.1, 0.15) is 32.1 Å². The topological polar surface area (TPSA) is 44.4 Å². The van der Waals surface area contributed by atoms with Crippen LogP contribution < -0.4 is 10.6 Å². The molecule has 15 heavy (non-hydrogen) atoms. The maximum atomic E-state index is 11.3. The number of carbonyl (C=O) groups is 1. The van der Waals surface area contributed by atoms with Crippen molar-refractivity contribution in [2.24, 2.45) is 0 Å². The molecule has 0 aromatic carbocycles. The van der Waals surface area contributed by atoms with E-state index in [4.69, 9.17) is 0 Å². The Bertz CT molecular complexity index is 210. The zero-order valence-corrected chi connectivity index (χ0v) is 9.30. The predicted molar refractivity (Wildman–Crippen MR) is 59.8 cm³/mol. The van der Waals surface area contributed by atoms with Crippen LogP contribution in [0.15, 0.2) is 0 Å². The molecule has 1 saturated carbocycles. The molecule has 1 aliphatic heterocycles. The number of piperidine rings is 1. The average Bonchev–Trinajstić information content (AvgIpc) is 3.03. The van der Waals surface area contributed by atoms with Crippen LogP contribution in [-0.4, -0.2) is 43.2 Å². The van der Waals surface area contributed by atoms with Crippen molar-refractivity contribution in [3.63, 3.8) is 0 Å². The summed E-state index contributed by atoms with van der Waals surface area (Å²) in [7, 11) is 0. The number of carbonyl (C=O) groups excluding carboxylic acids is 1. The zero-order chi connectivity index (χ0) is 10.5. The smallest absolute Gasteiger partial charge is 0.315 e. The molecule has 4 nitrogen and oxygen atoms in total. The van der Waals surface area contributed by atoms with Crippen molar-refractivity contribution in [1.82, 2.24) is 15.5 Å². The van der Waals surface area contributed by atoms with Crippen LogP contribution in [0.5, 0.6) is 0 Å². The summed E-state index contributed by atoms with van der Waals surface area (Å²) >= 11 is 0. The first-order valence-corrected chi connectivity index (χ1v) is 6.11. The van der Waals surface area contributed by atoms with Gasteiger partial charge in [0.05, 0.1) is 0 Å². The summed E-state index contributed by atoms with van der Waals surface area (Å²) in [6.45, 7) is 4.18. The minimum atomic E-state index is 0.00881. The molecule has 0 unspecified atom stereocenters. The lowest BCUT2D eigenvalue weighted by atomic mass is 10.1. The minimum Gasteiger partial charge on any atom is -0.337 e. The molecule has 1 heterocycles. The van der Waals surface area contributed by atoms with Gasteiger partial charge in [-0.05, 0) is 38.8 Å². The second-order valence-corrected chi connectivity index (χ2v) is 4.58. The fourth-order valence-corrected chi connectivity index (χ4v) is 1.97. The maximum absolute atomic E-state index is 11.3. The van der Waals surface area contributed by atoms with Crippen LogP contribution in [0.4, 0.5) is 4.79 Å². The van der Waals surface area contributed by atoms with E-state index in [9.17, 15) is 4.79 Å². The van der Waals surface area contributed by atoms with Gasteiger partial charge in [0.25, 0.3) is 0 Å². The molecule has 0 bridgehead atoms. The van der Waals surface area contributed by atoms with E-state index >= 15 is 0 Å². The summed E-state index contributed by atoms with van der Waals surface area (Å²) in [6, 6.07) is 0.467. The van der Waals surface area contributed by atoms with E-state index in [0.29, 0.717) is 6.04 Å². The Balaban J connectivity index is 1.51. The molecule has 1 aliphatic carbocycles. The molecule has 1 saturated heterocycles. The van der Waals surface area contributed by atoms with Gasteiger partial charge >= 0.3 is 6.03 Å². The molecule has 0 aromatic heterocycles. The third-order valence-corrected chi connectivity index (χ3v) is 3.07. The Morgan fingerprint density at radius 3 is 2.60 bits per heavy atom. The monoisotopic (exact) mass is 211 g/mol. The van der Waals surface area contributed by atoms with Crippen LogP contribution in [0, 0.1) is 0 Å². The second kappa shape index (κ2) is 5.35. The van der Waals surface area contributed by atoms with E-state index in [1.807, 2.05) is 0 Å². The van der Waals surface area contributed by atoms with Crippen LogP contribution >= 0.6 is 0 Å². The van der Waals surface area contributed by atoms with Crippen molar-refractivity contribution in [3.8, 4) is 0 Å². The van der Waals surface area contributed by atoms with E-state index in [1.54, 1.807) is 0 Å². The first kappa shape index (κ1) is 10.7. The lowest BCUT2D eigenvalue weighted by molar-refractivity contribution is 0.220. The fourth-order valence-electron chi connectivity index (χ4n) is 1.97. The number of hydrogen-bond acceptors (Lipinski definition) is 2. The van der Waals surface area contributed by atoms with Crippen LogP contribution in [0.2, 0.25) is 0 Å². The van der Waals surface area contributed by atoms with Gasteiger partial charge in [-0.1, -0.05) is 6.42 Å². The molecule has 2 amide bonds. The number of amides is 2. The number of nitrogens with zero attached hydrogens (tertiary/aromatic N) is 1. The Labute approximate surface area is 91.4 Å². The quantitative estimate of drug-likeness (QED) is 0.726. The highest BCUT2D eigenvalue weighted by Gasteiger charge is 2.22. The number of likely N-dealkylation sites (tertiary alicyclic amines) is 1. The lowest BCUT2D eigenvalue weighted by Crippen LogP contribution is -2.42. The molecule has 2 N–H and O–H groups in total. The summed E-state index contributed by atoms with van der Waals surface area (Å²) in [6.07, 6.45) is 6.30. The zero-order valence-electron chi connectivity index (χ0n) is 9.30. The van der Waals surface area contributed by atoms with Gasteiger partial charge in [-0.3, -0.25) is 0 Å². The molecular formula is C11H21N3O. The van der Waals surface area contributed by atoms with E-state index < -0.39 is 0 Å². The Kier molecular flexibility index (Phi) is 3.83. The van der Waals surface area contributed by atoms with Crippen molar-refractivity contribution in [2.75, 3.05) is 26.2 Å². The van der Waals surface area contributed by atoms with Crippen molar-refractivity contribution in [2.45, 2.75) is 38.1 Å². The van der Waals surface area contributed by atoms with Gasteiger partial charge in [0, 0.05) is 19.1 Å². The maximum Gasteiger partial charge on any atom is 0.315 e. The molecule has 0 radical (unpaired) electrons. The van der Waals surface area contributed by atoms with Gasteiger partial charge < -0.3 is 15.5 Å². The van der Waals surface area contributed by atoms with Crippen molar-refractivity contribution >= 4 is 6.03 Å². The largest absolute Gasteiger partial charge is 0.337 e. The van der Waals surface area contributed by atoms with Crippen molar-refractivity contribution in [1.29, 1.82) is 0 Å². The van der Waals surface area contributed by atoms with Crippen LogP contribution in [-0.2, 0) is 0 Å². The molecular weight excluding hydrogens is 190 g/mol. The minimum absolute atomic E-state index is 0.00881.